The fourth-order valence-corrected chi connectivity index (χ4v) is 2.33. The molecule has 0 bridgehead atoms. The Bertz CT molecular complexity index is 489. The van der Waals surface area contributed by atoms with Crippen molar-refractivity contribution in [2.75, 3.05) is 5.32 Å². The van der Waals surface area contributed by atoms with Crippen LogP contribution in [0, 0.1) is 5.82 Å². The third-order valence-corrected chi connectivity index (χ3v) is 3.35. The molecule has 6 heteroatoms. The molecule has 15 heavy (non-hydrogen) atoms. The van der Waals surface area contributed by atoms with Gasteiger partial charge in [0.2, 0.25) is 0 Å². The Balaban J connectivity index is 2.24. The van der Waals surface area contributed by atoms with Crippen LogP contribution >= 0.6 is 38.9 Å². The maximum Gasteiger partial charge on any atom is 0.188 e. The van der Waals surface area contributed by atoms with Crippen LogP contribution in [0.5, 0.6) is 0 Å². The van der Waals surface area contributed by atoms with Gasteiger partial charge in [0, 0.05) is 10.4 Å². The van der Waals surface area contributed by atoms with Gasteiger partial charge in [0.05, 0.1) is 5.69 Å². The molecule has 2 nitrogen and oxygen atoms in total. The number of aromatic nitrogens is 1. The second-order valence-corrected chi connectivity index (χ2v) is 4.83. The summed E-state index contributed by atoms with van der Waals surface area (Å²) < 4.78 is 14.1. The smallest absolute Gasteiger partial charge is 0.188 e. The third-order valence-electron chi connectivity index (χ3n) is 1.65. The predicted octanol–water partition coefficient (Wildman–Crippen LogP) is 4.44. The molecule has 0 unspecified atom stereocenters. The Morgan fingerprint density at radius 2 is 2.27 bits per heavy atom. The Labute approximate surface area is 103 Å². The van der Waals surface area contributed by atoms with Crippen molar-refractivity contribution in [3.8, 4) is 0 Å². The molecule has 2 rings (SSSR count). The summed E-state index contributed by atoms with van der Waals surface area (Å²) >= 11 is 10.2. The molecule has 0 aliphatic heterocycles. The Morgan fingerprint density at radius 1 is 1.47 bits per heavy atom. The molecule has 0 saturated carbocycles. The lowest BCUT2D eigenvalue weighted by atomic mass is 10.3. The molecule has 2 aromatic rings. The Kier molecular flexibility index (Phi) is 3.23. The summed E-state index contributed by atoms with van der Waals surface area (Å²) in [5, 5.41) is 5.68. The van der Waals surface area contributed by atoms with Crippen molar-refractivity contribution < 1.29 is 4.39 Å². The van der Waals surface area contributed by atoms with Crippen LogP contribution in [-0.2, 0) is 0 Å². The Hall–Kier alpha value is -0.650. The van der Waals surface area contributed by atoms with Crippen molar-refractivity contribution >= 4 is 49.7 Å². The number of anilines is 2. The van der Waals surface area contributed by atoms with E-state index < -0.39 is 5.82 Å². The van der Waals surface area contributed by atoms with Gasteiger partial charge in [-0.15, -0.1) is 11.3 Å². The minimum absolute atomic E-state index is 0.362. The molecule has 1 aromatic carbocycles. The lowest BCUT2D eigenvalue weighted by Gasteiger charge is -2.03. The van der Waals surface area contributed by atoms with E-state index in [1.807, 2.05) is 5.38 Å². The zero-order valence-corrected chi connectivity index (χ0v) is 10.5. The lowest BCUT2D eigenvalue weighted by molar-refractivity contribution is 0.632. The molecule has 0 aliphatic rings. The number of hydrogen-bond donors (Lipinski definition) is 1. The van der Waals surface area contributed by atoms with Crippen molar-refractivity contribution in [3.05, 3.63) is 39.0 Å². The van der Waals surface area contributed by atoms with Crippen LogP contribution in [0.25, 0.3) is 0 Å². The zero-order valence-electron chi connectivity index (χ0n) is 7.30. The van der Waals surface area contributed by atoms with Crippen molar-refractivity contribution in [2.24, 2.45) is 0 Å². The molecule has 1 aromatic heterocycles. The highest BCUT2D eigenvalue weighted by molar-refractivity contribution is 9.10. The predicted molar refractivity (Wildman–Crippen MR) is 64.5 cm³/mol. The summed E-state index contributed by atoms with van der Waals surface area (Å²) in [5.74, 6) is -0.395. The molecule has 0 aliphatic carbocycles. The molecule has 1 heterocycles. The molecule has 78 valence electrons. The first-order chi connectivity index (χ1) is 7.15. The molecule has 0 atom stereocenters. The second kappa shape index (κ2) is 4.47. The summed E-state index contributed by atoms with van der Waals surface area (Å²) in [4.78, 5) is 4.09. The number of halogens is 3. The van der Waals surface area contributed by atoms with Gasteiger partial charge in [0.1, 0.15) is 10.4 Å². The summed E-state index contributed by atoms with van der Waals surface area (Å²) in [5.41, 5.74) is 0.362. The summed E-state index contributed by atoms with van der Waals surface area (Å²) in [6.07, 6.45) is 0. The van der Waals surface area contributed by atoms with Gasteiger partial charge in [-0.1, -0.05) is 11.6 Å². The van der Waals surface area contributed by atoms with Crippen molar-refractivity contribution in [1.82, 2.24) is 4.98 Å². The minimum Gasteiger partial charge on any atom is -0.329 e. The van der Waals surface area contributed by atoms with Crippen molar-refractivity contribution in [1.29, 1.82) is 0 Å². The molecular formula is C9H5BrClFN2S. The molecule has 1 N–H and O–H groups in total. The van der Waals surface area contributed by atoms with Crippen LogP contribution in [0.15, 0.2) is 28.2 Å². The van der Waals surface area contributed by atoms with E-state index in [2.05, 4.69) is 26.2 Å². The van der Waals surface area contributed by atoms with E-state index in [1.54, 1.807) is 12.1 Å². The normalized spacial score (nSPS) is 10.3. The molecule has 0 spiro atoms. The zero-order chi connectivity index (χ0) is 10.8. The number of rotatable bonds is 2. The number of nitrogens with one attached hydrogen (secondary N) is 1. The number of nitrogens with zero attached hydrogens (tertiary/aromatic N) is 1. The van der Waals surface area contributed by atoms with E-state index in [9.17, 15) is 4.39 Å². The van der Waals surface area contributed by atoms with Crippen LogP contribution in [-0.4, -0.2) is 4.98 Å². The number of benzene rings is 1. The topological polar surface area (TPSA) is 24.9 Å². The van der Waals surface area contributed by atoms with E-state index >= 15 is 0 Å². The van der Waals surface area contributed by atoms with Gasteiger partial charge in [-0.3, -0.25) is 0 Å². The van der Waals surface area contributed by atoms with Crippen LogP contribution in [0.1, 0.15) is 0 Å². The van der Waals surface area contributed by atoms with Crippen LogP contribution < -0.4 is 5.32 Å². The van der Waals surface area contributed by atoms with E-state index in [-0.39, 0.29) is 0 Å². The molecule has 0 fully saturated rings. The van der Waals surface area contributed by atoms with E-state index in [0.717, 1.165) is 4.60 Å². The largest absolute Gasteiger partial charge is 0.329 e. The van der Waals surface area contributed by atoms with Crippen molar-refractivity contribution in [2.45, 2.75) is 0 Å². The summed E-state index contributed by atoms with van der Waals surface area (Å²) in [6.45, 7) is 0. The quantitative estimate of drug-likeness (QED) is 0.887. The number of hydrogen-bond acceptors (Lipinski definition) is 3. The van der Waals surface area contributed by atoms with E-state index in [0.29, 0.717) is 15.8 Å². The monoisotopic (exact) mass is 306 g/mol. The molecule has 0 amide bonds. The first-order valence-electron chi connectivity index (χ1n) is 3.98. The molecule has 0 saturated heterocycles. The number of thiazole rings is 1. The summed E-state index contributed by atoms with van der Waals surface area (Å²) in [6, 6.07) is 4.45. The fourth-order valence-electron chi connectivity index (χ4n) is 1.02. The average molecular weight is 308 g/mol. The van der Waals surface area contributed by atoms with Gasteiger partial charge in [0.25, 0.3) is 0 Å². The average Bonchev–Trinajstić information content (AvgIpc) is 2.56. The molecular weight excluding hydrogens is 303 g/mol. The standard InChI is InChI=1S/C9H5BrClFN2S/c10-8-4-15-9(14-8)13-7-2-1-5(11)3-6(7)12/h1-4H,(H,13,14). The minimum atomic E-state index is -0.395. The highest BCUT2D eigenvalue weighted by Crippen LogP contribution is 2.26. The maximum atomic E-state index is 13.4. The van der Waals surface area contributed by atoms with Gasteiger partial charge in [-0.05, 0) is 34.1 Å². The first kappa shape index (κ1) is 10.9. The lowest BCUT2D eigenvalue weighted by Crippen LogP contribution is -1.92. The van der Waals surface area contributed by atoms with Crippen LogP contribution in [0.4, 0.5) is 15.2 Å². The fraction of sp³-hybridized carbons (Fsp3) is 0. The highest BCUT2D eigenvalue weighted by Gasteiger charge is 2.05. The van der Waals surface area contributed by atoms with Crippen molar-refractivity contribution in [3.63, 3.8) is 0 Å². The third kappa shape index (κ3) is 2.68. The maximum absolute atomic E-state index is 13.4. The van der Waals surface area contributed by atoms with E-state index in [4.69, 9.17) is 11.6 Å². The SMILES string of the molecule is Fc1cc(Cl)ccc1Nc1nc(Br)cs1. The van der Waals surface area contributed by atoms with Gasteiger partial charge < -0.3 is 5.32 Å². The highest BCUT2D eigenvalue weighted by atomic mass is 79.9. The van der Waals surface area contributed by atoms with Crippen LogP contribution in [0.3, 0.4) is 0 Å². The first-order valence-corrected chi connectivity index (χ1v) is 6.03. The van der Waals surface area contributed by atoms with Gasteiger partial charge >= 0.3 is 0 Å². The van der Waals surface area contributed by atoms with E-state index in [1.165, 1.54) is 17.4 Å². The summed E-state index contributed by atoms with van der Waals surface area (Å²) in [7, 11) is 0. The molecule has 0 radical (unpaired) electrons. The van der Waals surface area contributed by atoms with Crippen LogP contribution in [0.2, 0.25) is 5.02 Å². The van der Waals surface area contributed by atoms with Gasteiger partial charge in [-0.2, -0.15) is 0 Å². The Morgan fingerprint density at radius 3 is 2.87 bits per heavy atom. The second-order valence-electron chi connectivity index (χ2n) is 2.72. The van der Waals surface area contributed by atoms with Gasteiger partial charge in [-0.25, -0.2) is 9.37 Å². The van der Waals surface area contributed by atoms with Gasteiger partial charge in [0.15, 0.2) is 5.13 Å².